The fourth-order valence-electron chi connectivity index (χ4n) is 2.97. The fraction of sp³-hybridized carbons (Fsp3) is 0.333. The van der Waals surface area contributed by atoms with Crippen LogP contribution < -0.4 is 0 Å². The molecule has 0 bridgehead atoms. The molecular weight excluding hydrogens is 290 g/mol. The average Bonchev–Trinajstić information content (AvgIpc) is 2.72. The van der Waals surface area contributed by atoms with Crippen molar-refractivity contribution in [2.24, 2.45) is 5.92 Å². The highest BCUT2D eigenvalue weighted by Crippen LogP contribution is 2.39. The zero-order valence-electron chi connectivity index (χ0n) is 11.3. The van der Waals surface area contributed by atoms with Crippen LogP contribution in [-0.2, 0) is 10.1 Å². The zero-order chi connectivity index (χ0) is 15.0. The third kappa shape index (κ3) is 2.82. The van der Waals surface area contributed by atoms with Crippen molar-refractivity contribution in [1.82, 2.24) is 0 Å². The van der Waals surface area contributed by atoms with Crippen molar-refractivity contribution in [1.29, 1.82) is 0 Å². The summed E-state index contributed by atoms with van der Waals surface area (Å²) in [4.78, 5) is 12.4. The molecule has 3 rings (SSSR count). The van der Waals surface area contributed by atoms with E-state index in [-0.39, 0.29) is 23.4 Å². The Balaban J connectivity index is 1.75. The lowest BCUT2D eigenvalue weighted by Crippen LogP contribution is -2.25. The van der Waals surface area contributed by atoms with Crippen LogP contribution in [0.5, 0.6) is 0 Å². The molecule has 0 radical (unpaired) electrons. The minimum atomic E-state index is -3.93. The van der Waals surface area contributed by atoms with Gasteiger partial charge < -0.3 is 0 Å². The van der Waals surface area contributed by atoms with Gasteiger partial charge in [-0.2, -0.15) is 8.42 Å². The first-order valence-corrected chi connectivity index (χ1v) is 8.44. The molecule has 0 saturated heterocycles. The van der Waals surface area contributed by atoms with Crippen molar-refractivity contribution in [3.63, 3.8) is 0 Å². The number of hydrogen-bond acceptors (Lipinski definition) is 3. The first-order valence-electron chi connectivity index (χ1n) is 6.83. The van der Waals surface area contributed by atoms with Crippen LogP contribution in [0.25, 0.3) is 0 Å². The van der Waals surface area contributed by atoms with Crippen LogP contribution in [-0.4, -0.2) is 41.8 Å². The van der Waals surface area contributed by atoms with Crippen molar-refractivity contribution in [3.05, 3.63) is 47.7 Å². The Labute approximate surface area is 123 Å². The van der Waals surface area contributed by atoms with Gasteiger partial charge in [-0.15, -0.1) is 0 Å². The number of rotatable bonds is 4. The second-order valence-corrected chi connectivity index (χ2v) is 6.94. The second kappa shape index (κ2) is 5.20. The molecular formula is C15H16NO4S+. The number of ketones is 1. The quantitative estimate of drug-likeness (QED) is 0.675. The molecule has 1 aliphatic heterocycles. The number of hydrogen-bond donors (Lipinski definition) is 1. The monoisotopic (exact) mass is 306 g/mol. The van der Waals surface area contributed by atoms with E-state index in [1.807, 2.05) is 47.3 Å². The Kier molecular flexibility index (Phi) is 3.51. The minimum absolute atomic E-state index is 0.0755. The molecule has 0 fully saturated rings. The number of fused-ring (bicyclic) bond motifs is 3. The van der Waals surface area contributed by atoms with Gasteiger partial charge in [0, 0.05) is 17.9 Å². The number of nitrogens with zero attached hydrogens (tertiary/aromatic N) is 1. The Hall–Kier alpha value is -1.79. The lowest BCUT2D eigenvalue weighted by atomic mass is 9.91. The predicted octanol–water partition coefficient (Wildman–Crippen LogP) is 1.47. The zero-order valence-corrected chi connectivity index (χ0v) is 12.2. The summed E-state index contributed by atoms with van der Waals surface area (Å²) < 4.78 is 32.0. The first kappa shape index (κ1) is 14.2. The molecule has 0 amide bonds. The summed E-state index contributed by atoms with van der Waals surface area (Å²) in [5.41, 5.74) is 1.82. The molecule has 110 valence electrons. The maximum Gasteiger partial charge on any atom is 0.265 e. The smallest absolute Gasteiger partial charge is 0.265 e. The number of benzene rings is 1. The van der Waals surface area contributed by atoms with Gasteiger partial charge in [-0.05, 0) is 11.6 Å². The lowest BCUT2D eigenvalue weighted by Gasteiger charge is -2.13. The summed E-state index contributed by atoms with van der Waals surface area (Å²) in [5, 5.41) is 0. The molecule has 2 aliphatic rings. The topological polar surface area (TPSA) is 74.5 Å². The third-order valence-corrected chi connectivity index (χ3v) is 4.74. The summed E-state index contributed by atoms with van der Waals surface area (Å²) in [6.45, 7) is 0.461. The van der Waals surface area contributed by atoms with Crippen LogP contribution in [0.15, 0.2) is 36.5 Å². The van der Waals surface area contributed by atoms with E-state index in [0.29, 0.717) is 13.0 Å². The minimum Gasteiger partial charge on any atom is -0.293 e. The molecule has 5 nitrogen and oxygen atoms in total. The van der Waals surface area contributed by atoms with Gasteiger partial charge in [0.15, 0.2) is 18.2 Å². The van der Waals surface area contributed by atoms with E-state index >= 15 is 0 Å². The number of carbonyl (C=O) groups excluding carboxylic acids is 1. The second-order valence-electron chi connectivity index (χ2n) is 5.37. The summed E-state index contributed by atoms with van der Waals surface area (Å²) in [5.74, 6) is -0.294. The van der Waals surface area contributed by atoms with E-state index in [9.17, 15) is 13.2 Å². The maximum atomic E-state index is 12.4. The van der Waals surface area contributed by atoms with Crippen molar-refractivity contribution in [2.75, 3.05) is 12.3 Å². The van der Waals surface area contributed by atoms with E-state index in [2.05, 4.69) is 0 Å². The van der Waals surface area contributed by atoms with Crippen molar-refractivity contribution in [2.45, 2.75) is 12.3 Å². The number of Topliss-reactive ketones (excluding diaryl/α,β-unsaturated/α-hetero) is 1. The van der Waals surface area contributed by atoms with Gasteiger partial charge in [-0.25, -0.2) is 4.58 Å². The number of allylic oxidation sites excluding steroid dienone is 1. The fourth-order valence-corrected chi connectivity index (χ4v) is 3.46. The standard InChI is InChI=1S/C15H15NO4S/c17-15-13-5-2-1-4-11(13)12-6-8-16(10-14(12)15)7-3-9-21(18,19)20/h1-2,4-6,8,10,12,14H,3,7,9H2/p+1. The average molecular weight is 306 g/mol. The van der Waals surface area contributed by atoms with Gasteiger partial charge in [0.05, 0.1) is 5.75 Å². The van der Waals surface area contributed by atoms with E-state index in [4.69, 9.17) is 4.55 Å². The molecule has 0 spiro atoms. The summed E-state index contributed by atoms with van der Waals surface area (Å²) >= 11 is 0. The molecule has 2 unspecified atom stereocenters. The van der Waals surface area contributed by atoms with Crippen LogP contribution in [0.1, 0.15) is 28.3 Å². The van der Waals surface area contributed by atoms with Gasteiger partial charge >= 0.3 is 0 Å². The van der Waals surface area contributed by atoms with Crippen LogP contribution in [0.4, 0.5) is 0 Å². The Morgan fingerprint density at radius 1 is 1.19 bits per heavy atom. The van der Waals surface area contributed by atoms with E-state index in [1.165, 1.54) is 0 Å². The molecule has 21 heavy (non-hydrogen) atoms. The van der Waals surface area contributed by atoms with Crippen LogP contribution in [0.2, 0.25) is 0 Å². The SMILES string of the molecule is O=C1c2ccccc2C2C=C[N+](CCCS(=O)(=O)O)=CC12. The van der Waals surface area contributed by atoms with E-state index in [0.717, 1.165) is 11.1 Å². The normalized spacial score (nSPS) is 23.7. The van der Waals surface area contributed by atoms with E-state index < -0.39 is 10.1 Å². The van der Waals surface area contributed by atoms with Gasteiger partial charge in [-0.1, -0.05) is 24.3 Å². The van der Waals surface area contributed by atoms with Crippen molar-refractivity contribution in [3.8, 4) is 0 Å². The van der Waals surface area contributed by atoms with Crippen LogP contribution in [0.3, 0.4) is 0 Å². The molecule has 0 aromatic heterocycles. The molecule has 1 aliphatic carbocycles. The Morgan fingerprint density at radius 2 is 1.95 bits per heavy atom. The van der Waals surface area contributed by atoms with E-state index in [1.54, 1.807) is 0 Å². The van der Waals surface area contributed by atoms with Gasteiger partial charge in [-0.3, -0.25) is 9.35 Å². The highest BCUT2D eigenvalue weighted by atomic mass is 32.2. The van der Waals surface area contributed by atoms with Crippen molar-refractivity contribution >= 4 is 22.1 Å². The maximum absolute atomic E-state index is 12.4. The molecule has 1 N–H and O–H groups in total. The largest absolute Gasteiger partial charge is 0.293 e. The Morgan fingerprint density at radius 3 is 2.71 bits per heavy atom. The molecule has 1 aromatic carbocycles. The number of carbonyl (C=O) groups is 1. The highest BCUT2D eigenvalue weighted by Gasteiger charge is 2.41. The molecule has 1 heterocycles. The first-order chi connectivity index (χ1) is 9.96. The molecule has 2 atom stereocenters. The van der Waals surface area contributed by atoms with Crippen molar-refractivity contribution < 1.29 is 22.3 Å². The van der Waals surface area contributed by atoms with Crippen LogP contribution >= 0.6 is 0 Å². The molecule has 1 aromatic rings. The summed E-state index contributed by atoms with van der Waals surface area (Å²) in [6, 6.07) is 7.62. The van der Waals surface area contributed by atoms with Crippen LogP contribution in [0, 0.1) is 5.92 Å². The molecule has 6 heteroatoms. The van der Waals surface area contributed by atoms with Gasteiger partial charge in [0.2, 0.25) is 0 Å². The highest BCUT2D eigenvalue weighted by molar-refractivity contribution is 7.85. The lowest BCUT2D eigenvalue weighted by molar-refractivity contribution is -0.456. The van der Waals surface area contributed by atoms with Gasteiger partial charge in [0.25, 0.3) is 10.1 Å². The summed E-state index contributed by atoms with van der Waals surface area (Å²) in [7, 11) is -3.93. The summed E-state index contributed by atoms with van der Waals surface area (Å²) in [6.07, 6.45) is 6.04. The molecule has 0 saturated carbocycles. The van der Waals surface area contributed by atoms with Gasteiger partial charge in [0.1, 0.15) is 12.5 Å². The third-order valence-electron chi connectivity index (χ3n) is 3.93. The Bertz CT molecular complexity index is 749. The predicted molar refractivity (Wildman–Crippen MR) is 78.4 cm³/mol.